The zero-order chi connectivity index (χ0) is 26.5. The van der Waals surface area contributed by atoms with Gasteiger partial charge in [0.25, 0.3) is 0 Å². The molecule has 0 unspecified atom stereocenters. The molecule has 1 heterocycles. The van der Waals surface area contributed by atoms with Crippen molar-refractivity contribution in [3.05, 3.63) is 36.2 Å². The lowest BCUT2D eigenvalue weighted by molar-refractivity contribution is -0.234. The summed E-state index contributed by atoms with van der Waals surface area (Å²) in [5.41, 5.74) is 0.276. The number of carbonyl (C=O) groups excluding carboxylic acids is 2. The van der Waals surface area contributed by atoms with Crippen LogP contribution in [0.1, 0.15) is 31.5 Å². The second kappa shape index (κ2) is 11.3. The minimum Gasteiger partial charge on any atom is -0.497 e. The number of nitrogens with zero attached hydrogens (tertiary/aromatic N) is 4. The standard InChI is InChI=1S/C23H29F3N6O4/c1-14-27-19(13-20(28-14)31(2)3)29-15-8-10-17(11-9-15)32(36-21(33)23(24,25)26)22(34)30-16-6-5-7-18(12-16)35-4/h5-7,12-13,15,17H,8-11H2,1-4H3,(H,30,34)(H,27,28,29). The molecule has 1 fully saturated rings. The number of aromatic nitrogens is 2. The van der Waals surface area contributed by atoms with Crippen LogP contribution in [0.25, 0.3) is 0 Å². The molecule has 10 nitrogen and oxygen atoms in total. The summed E-state index contributed by atoms with van der Waals surface area (Å²) in [5.74, 6) is -0.0624. The van der Waals surface area contributed by atoms with E-state index in [-0.39, 0.29) is 11.7 Å². The first-order chi connectivity index (χ1) is 17.0. The number of halogens is 3. The highest BCUT2D eigenvalue weighted by Crippen LogP contribution is 2.29. The number of carbonyl (C=O) groups is 2. The molecule has 0 radical (unpaired) electrons. The number of ether oxygens (including phenoxy) is 1. The molecular weight excluding hydrogens is 481 g/mol. The topological polar surface area (TPSA) is 109 Å². The van der Waals surface area contributed by atoms with E-state index in [1.54, 1.807) is 25.1 Å². The second-order valence-electron chi connectivity index (χ2n) is 8.57. The van der Waals surface area contributed by atoms with Crippen molar-refractivity contribution in [1.82, 2.24) is 15.0 Å². The first-order valence-electron chi connectivity index (χ1n) is 11.3. The second-order valence-corrected chi connectivity index (χ2v) is 8.57. The molecule has 0 atom stereocenters. The number of alkyl halides is 3. The van der Waals surface area contributed by atoms with Gasteiger partial charge in [-0.15, -0.1) is 5.06 Å². The van der Waals surface area contributed by atoms with E-state index in [4.69, 9.17) is 4.74 Å². The summed E-state index contributed by atoms with van der Waals surface area (Å²) < 4.78 is 43.8. The monoisotopic (exact) mass is 510 g/mol. The summed E-state index contributed by atoms with van der Waals surface area (Å²) in [7, 11) is 5.17. The number of hydrogen-bond acceptors (Lipinski definition) is 8. The number of benzene rings is 1. The third-order valence-corrected chi connectivity index (χ3v) is 5.60. The number of amides is 2. The highest BCUT2D eigenvalue weighted by Gasteiger charge is 2.45. The highest BCUT2D eigenvalue weighted by atomic mass is 19.4. The van der Waals surface area contributed by atoms with Crippen molar-refractivity contribution in [2.24, 2.45) is 0 Å². The summed E-state index contributed by atoms with van der Waals surface area (Å²) in [4.78, 5) is 39.6. The fraction of sp³-hybridized carbons (Fsp3) is 0.478. The largest absolute Gasteiger partial charge is 0.497 e. The number of hydroxylamine groups is 2. The number of urea groups is 1. The molecule has 1 aromatic heterocycles. The van der Waals surface area contributed by atoms with Crippen molar-refractivity contribution in [2.75, 3.05) is 36.7 Å². The third-order valence-electron chi connectivity index (χ3n) is 5.60. The molecule has 196 valence electrons. The molecule has 1 aliphatic carbocycles. The Labute approximate surface area is 206 Å². The van der Waals surface area contributed by atoms with E-state index in [1.165, 1.54) is 19.2 Å². The van der Waals surface area contributed by atoms with Gasteiger partial charge in [-0.05, 0) is 44.7 Å². The van der Waals surface area contributed by atoms with Gasteiger partial charge in [0.05, 0.1) is 13.2 Å². The Balaban J connectivity index is 1.69. The van der Waals surface area contributed by atoms with Gasteiger partial charge in [-0.3, -0.25) is 0 Å². The van der Waals surface area contributed by atoms with Crippen molar-refractivity contribution in [1.29, 1.82) is 0 Å². The number of nitrogens with one attached hydrogen (secondary N) is 2. The molecule has 2 aromatic rings. The molecule has 36 heavy (non-hydrogen) atoms. The molecule has 3 rings (SSSR count). The number of rotatable bonds is 6. The van der Waals surface area contributed by atoms with Crippen LogP contribution in [0.5, 0.6) is 5.75 Å². The van der Waals surface area contributed by atoms with Crippen LogP contribution in [0.15, 0.2) is 30.3 Å². The highest BCUT2D eigenvalue weighted by molar-refractivity contribution is 5.90. The van der Waals surface area contributed by atoms with Gasteiger partial charge in [0.15, 0.2) is 0 Å². The van der Waals surface area contributed by atoms with Crippen LogP contribution in [0.2, 0.25) is 0 Å². The van der Waals surface area contributed by atoms with Crippen molar-refractivity contribution in [2.45, 2.75) is 50.9 Å². The maximum atomic E-state index is 12.9. The van der Waals surface area contributed by atoms with Gasteiger partial charge in [0, 0.05) is 38.0 Å². The molecule has 0 saturated heterocycles. The van der Waals surface area contributed by atoms with E-state index >= 15 is 0 Å². The zero-order valence-electron chi connectivity index (χ0n) is 20.4. The summed E-state index contributed by atoms with van der Waals surface area (Å²) >= 11 is 0. The van der Waals surface area contributed by atoms with Crippen LogP contribution in [-0.2, 0) is 9.63 Å². The lowest BCUT2D eigenvalue weighted by atomic mass is 9.91. The number of methoxy groups -OCH3 is 1. The Morgan fingerprint density at radius 2 is 1.78 bits per heavy atom. The fourth-order valence-electron chi connectivity index (χ4n) is 3.82. The lowest BCUT2D eigenvalue weighted by Crippen LogP contribution is -2.48. The Morgan fingerprint density at radius 1 is 1.08 bits per heavy atom. The van der Waals surface area contributed by atoms with Gasteiger partial charge >= 0.3 is 18.2 Å². The lowest BCUT2D eigenvalue weighted by Gasteiger charge is -2.35. The molecule has 0 aliphatic heterocycles. The molecule has 13 heteroatoms. The van der Waals surface area contributed by atoms with Crippen molar-refractivity contribution in [3.63, 3.8) is 0 Å². The van der Waals surface area contributed by atoms with Gasteiger partial charge < -0.3 is 25.1 Å². The van der Waals surface area contributed by atoms with Crippen LogP contribution in [-0.4, -0.2) is 66.5 Å². The van der Waals surface area contributed by atoms with Gasteiger partial charge in [-0.1, -0.05) is 6.07 Å². The number of hydrogen-bond donors (Lipinski definition) is 2. The van der Waals surface area contributed by atoms with Gasteiger partial charge in [-0.2, -0.15) is 13.2 Å². The van der Waals surface area contributed by atoms with E-state index < -0.39 is 24.2 Å². The van der Waals surface area contributed by atoms with E-state index in [2.05, 4.69) is 25.4 Å². The Morgan fingerprint density at radius 3 is 2.39 bits per heavy atom. The van der Waals surface area contributed by atoms with Crippen LogP contribution < -0.4 is 20.3 Å². The number of aryl methyl sites for hydroxylation is 1. The molecule has 1 aromatic carbocycles. The molecule has 0 spiro atoms. The summed E-state index contributed by atoms with van der Waals surface area (Å²) in [6.07, 6.45) is -3.62. The fourth-order valence-corrected chi connectivity index (χ4v) is 3.82. The molecule has 2 N–H and O–H groups in total. The van der Waals surface area contributed by atoms with E-state index in [0.29, 0.717) is 48.1 Å². The van der Waals surface area contributed by atoms with Crippen molar-refractivity contribution < 1.29 is 32.3 Å². The Hall–Kier alpha value is -3.77. The quantitative estimate of drug-likeness (QED) is 0.559. The number of anilines is 3. The van der Waals surface area contributed by atoms with Crippen LogP contribution in [0, 0.1) is 6.92 Å². The predicted molar refractivity (Wildman–Crippen MR) is 127 cm³/mol. The summed E-state index contributed by atoms with van der Waals surface area (Å²) in [5, 5.41) is 6.29. The minimum absolute atomic E-state index is 0.0350. The molecular formula is C23H29F3N6O4. The normalized spacial score (nSPS) is 17.6. The van der Waals surface area contributed by atoms with E-state index in [0.717, 1.165) is 5.82 Å². The van der Waals surface area contributed by atoms with Crippen LogP contribution in [0.4, 0.5) is 35.3 Å². The zero-order valence-corrected chi connectivity index (χ0v) is 20.4. The third kappa shape index (κ3) is 7.12. The maximum absolute atomic E-state index is 12.9. The van der Waals surface area contributed by atoms with Gasteiger partial charge in [0.2, 0.25) is 0 Å². The molecule has 1 saturated carbocycles. The van der Waals surface area contributed by atoms with E-state index in [1.807, 2.05) is 19.0 Å². The SMILES string of the molecule is COc1cccc(NC(=O)N(OC(=O)C(F)(F)F)C2CCC(Nc3cc(N(C)C)nc(C)n3)CC2)c1. The maximum Gasteiger partial charge on any atom is 0.493 e. The van der Waals surface area contributed by atoms with Gasteiger partial charge in [0.1, 0.15) is 23.2 Å². The minimum atomic E-state index is -5.25. The average Bonchev–Trinajstić information content (AvgIpc) is 2.82. The average molecular weight is 511 g/mol. The van der Waals surface area contributed by atoms with Crippen LogP contribution in [0.3, 0.4) is 0 Å². The summed E-state index contributed by atoms with van der Waals surface area (Å²) in [6, 6.07) is 6.32. The first kappa shape index (κ1) is 26.8. The smallest absolute Gasteiger partial charge is 0.493 e. The Bertz CT molecular complexity index is 1070. The van der Waals surface area contributed by atoms with Crippen molar-refractivity contribution >= 4 is 29.3 Å². The van der Waals surface area contributed by atoms with Crippen LogP contribution >= 0.6 is 0 Å². The van der Waals surface area contributed by atoms with Gasteiger partial charge in [-0.25, -0.2) is 19.6 Å². The van der Waals surface area contributed by atoms with E-state index in [9.17, 15) is 22.8 Å². The summed E-state index contributed by atoms with van der Waals surface area (Å²) in [6.45, 7) is 1.78. The molecule has 1 aliphatic rings. The first-order valence-corrected chi connectivity index (χ1v) is 11.3. The molecule has 2 amide bonds. The Kier molecular flexibility index (Phi) is 8.43. The molecule has 0 bridgehead atoms. The van der Waals surface area contributed by atoms with Crippen molar-refractivity contribution in [3.8, 4) is 5.75 Å². The predicted octanol–water partition coefficient (Wildman–Crippen LogP) is 4.14.